The van der Waals surface area contributed by atoms with Crippen LogP contribution in [-0.4, -0.2) is 16.4 Å². The average Bonchev–Trinajstić information content (AvgIpc) is 2.51. The van der Waals surface area contributed by atoms with E-state index in [1.807, 2.05) is 5.38 Å². The SMILES string of the molecule is O=CNc1csc2c(Br)ncnc12. The lowest BCUT2D eigenvalue weighted by atomic mass is 10.4. The van der Waals surface area contributed by atoms with E-state index in [9.17, 15) is 4.79 Å². The number of thiophene rings is 1. The van der Waals surface area contributed by atoms with Gasteiger partial charge in [0.25, 0.3) is 0 Å². The van der Waals surface area contributed by atoms with Crippen molar-refractivity contribution < 1.29 is 4.79 Å². The molecule has 66 valence electrons. The van der Waals surface area contributed by atoms with Gasteiger partial charge in [0.05, 0.1) is 10.4 Å². The highest BCUT2D eigenvalue weighted by atomic mass is 79.9. The number of halogens is 1. The number of rotatable bonds is 2. The first-order valence-electron chi connectivity index (χ1n) is 3.41. The summed E-state index contributed by atoms with van der Waals surface area (Å²) >= 11 is 4.79. The predicted octanol–water partition coefficient (Wildman–Crippen LogP) is 2.02. The third-order valence-electron chi connectivity index (χ3n) is 1.52. The number of fused-ring (bicyclic) bond motifs is 1. The molecule has 0 bridgehead atoms. The Kier molecular flexibility index (Phi) is 2.24. The zero-order chi connectivity index (χ0) is 9.26. The van der Waals surface area contributed by atoms with Crippen molar-refractivity contribution in [1.29, 1.82) is 0 Å². The number of nitrogens with one attached hydrogen (secondary N) is 1. The monoisotopic (exact) mass is 257 g/mol. The minimum Gasteiger partial charge on any atom is -0.326 e. The van der Waals surface area contributed by atoms with Gasteiger partial charge >= 0.3 is 0 Å². The van der Waals surface area contributed by atoms with Crippen LogP contribution in [0, 0.1) is 0 Å². The molecule has 2 heterocycles. The second-order valence-electron chi connectivity index (χ2n) is 2.25. The number of carbonyl (C=O) groups excluding carboxylic acids is 1. The van der Waals surface area contributed by atoms with E-state index in [0.717, 1.165) is 20.5 Å². The van der Waals surface area contributed by atoms with Crippen molar-refractivity contribution in [3.8, 4) is 0 Å². The molecule has 0 radical (unpaired) electrons. The quantitative estimate of drug-likeness (QED) is 0.662. The second kappa shape index (κ2) is 3.39. The fourth-order valence-corrected chi connectivity index (χ4v) is 2.39. The third-order valence-corrected chi connectivity index (χ3v) is 3.36. The molecule has 1 N–H and O–H groups in total. The van der Waals surface area contributed by atoms with Gasteiger partial charge in [0.1, 0.15) is 16.4 Å². The van der Waals surface area contributed by atoms with Crippen LogP contribution < -0.4 is 5.32 Å². The number of amides is 1. The van der Waals surface area contributed by atoms with Crippen molar-refractivity contribution in [3.05, 3.63) is 16.3 Å². The number of aromatic nitrogens is 2. The summed E-state index contributed by atoms with van der Waals surface area (Å²) in [7, 11) is 0. The molecule has 0 fully saturated rings. The molecule has 13 heavy (non-hydrogen) atoms. The van der Waals surface area contributed by atoms with E-state index >= 15 is 0 Å². The van der Waals surface area contributed by atoms with E-state index in [4.69, 9.17) is 0 Å². The lowest BCUT2D eigenvalue weighted by molar-refractivity contribution is -0.105. The number of anilines is 1. The van der Waals surface area contributed by atoms with Crippen molar-refractivity contribution in [2.45, 2.75) is 0 Å². The van der Waals surface area contributed by atoms with Crippen LogP contribution in [0.2, 0.25) is 0 Å². The molecule has 2 aromatic rings. The van der Waals surface area contributed by atoms with E-state index in [2.05, 4.69) is 31.2 Å². The first kappa shape index (κ1) is 8.58. The van der Waals surface area contributed by atoms with E-state index in [0.29, 0.717) is 6.41 Å². The molecular formula is C7H4BrN3OS. The predicted molar refractivity (Wildman–Crippen MR) is 54.8 cm³/mol. The van der Waals surface area contributed by atoms with Crippen LogP contribution in [-0.2, 0) is 4.79 Å². The molecule has 0 aromatic carbocycles. The van der Waals surface area contributed by atoms with E-state index in [1.165, 1.54) is 17.7 Å². The maximum absolute atomic E-state index is 10.2. The summed E-state index contributed by atoms with van der Waals surface area (Å²) in [5, 5.41) is 4.41. The van der Waals surface area contributed by atoms with Crippen LogP contribution in [0.5, 0.6) is 0 Å². The topological polar surface area (TPSA) is 54.9 Å². The highest BCUT2D eigenvalue weighted by Crippen LogP contribution is 2.31. The van der Waals surface area contributed by atoms with E-state index < -0.39 is 0 Å². The molecule has 0 spiro atoms. The lowest BCUT2D eigenvalue weighted by Crippen LogP contribution is -1.92. The largest absolute Gasteiger partial charge is 0.326 e. The highest BCUT2D eigenvalue weighted by molar-refractivity contribution is 9.10. The van der Waals surface area contributed by atoms with Crippen LogP contribution in [0.3, 0.4) is 0 Å². The fourth-order valence-electron chi connectivity index (χ4n) is 0.988. The summed E-state index contributed by atoms with van der Waals surface area (Å²) in [6.45, 7) is 0. The first-order valence-corrected chi connectivity index (χ1v) is 5.08. The molecule has 2 aromatic heterocycles. The maximum atomic E-state index is 10.2. The summed E-state index contributed by atoms with van der Waals surface area (Å²) in [5.41, 5.74) is 1.48. The van der Waals surface area contributed by atoms with Crippen LogP contribution in [0.15, 0.2) is 16.3 Å². The summed E-state index contributed by atoms with van der Waals surface area (Å²) in [6.07, 6.45) is 2.09. The van der Waals surface area contributed by atoms with Crippen molar-refractivity contribution in [3.63, 3.8) is 0 Å². The van der Waals surface area contributed by atoms with Gasteiger partial charge in [-0.25, -0.2) is 9.97 Å². The molecule has 1 amide bonds. The smallest absolute Gasteiger partial charge is 0.211 e. The Morgan fingerprint density at radius 1 is 1.54 bits per heavy atom. The maximum Gasteiger partial charge on any atom is 0.211 e. The van der Waals surface area contributed by atoms with Gasteiger partial charge in [-0.3, -0.25) is 4.79 Å². The molecule has 0 aliphatic carbocycles. The Morgan fingerprint density at radius 3 is 3.15 bits per heavy atom. The van der Waals surface area contributed by atoms with Crippen molar-refractivity contribution in [1.82, 2.24) is 9.97 Å². The molecule has 6 heteroatoms. The number of nitrogens with zero attached hydrogens (tertiary/aromatic N) is 2. The summed E-state index contributed by atoms with van der Waals surface area (Å²) in [6, 6.07) is 0. The van der Waals surface area contributed by atoms with Crippen LogP contribution >= 0.6 is 27.3 Å². The molecular weight excluding hydrogens is 254 g/mol. The van der Waals surface area contributed by atoms with Crippen LogP contribution in [0.1, 0.15) is 0 Å². The van der Waals surface area contributed by atoms with Crippen LogP contribution in [0.4, 0.5) is 5.69 Å². The van der Waals surface area contributed by atoms with E-state index in [1.54, 1.807) is 0 Å². The van der Waals surface area contributed by atoms with Gasteiger partial charge in [0, 0.05) is 5.38 Å². The number of carbonyl (C=O) groups is 1. The van der Waals surface area contributed by atoms with Crippen LogP contribution in [0.25, 0.3) is 10.2 Å². The molecule has 0 atom stereocenters. The normalized spacial score (nSPS) is 10.2. The molecule has 0 aliphatic heterocycles. The molecule has 4 nitrogen and oxygen atoms in total. The Hall–Kier alpha value is -1.01. The first-order chi connectivity index (χ1) is 6.33. The number of hydrogen-bond acceptors (Lipinski definition) is 4. The Bertz CT molecular complexity index is 456. The minimum absolute atomic E-state index is 0.636. The Morgan fingerprint density at radius 2 is 2.38 bits per heavy atom. The Balaban J connectivity index is 2.67. The van der Waals surface area contributed by atoms with Gasteiger partial charge in [-0.1, -0.05) is 0 Å². The fraction of sp³-hybridized carbons (Fsp3) is 0. The van der Waals surface area contributed by atoms with Gasteiger partial charge in [0.15, 0.2) is 0 Å². The molecule has 0 aliphatic rings. The Labute approximate surface area is 86.1 Å². The molecule has 0 saturated carbocycles. The van der Waals surface area contributed by atoms with Gasteiger partial charge in [-0.15, -0.1) is 11.3 Å². The lowest BCUT2D eigenvalue weighted by Gasteiger charge is -1.94. The highest BCUT2D eigenvalue weighted by Gasteiger charge is 2.07. The van der Waals surface area contributed by atoms with Crippen molar-refractivity contribution in [2.75, 3.05) is 5.32 Å². The number of hydrogen-bond donors (Lipinski definition) is 1. The standard InChI is InChI=1S/C7H4BrN3OS/c8-7-6-5(9-2-10-7)4(1-13-6)11-3-12/h1-3H,(H,11,12). The van der Waals surface area contributed by atoms with Crippen molar-refractivity contribution >= 4 is 49.6 Å². The average molecular weight is 258 g/mol. The zero-order valence-corrected chi connectivity index (χ0v) is 8.72. The van der Waals surface area contributed by atoms with E-state index in [-0.39, 0.29) is 0 Å². The zero-order valence-electron chi connectivity index (χ0n) is 6.32. The summed E-state index contributed by atoms with van der Waals surface area (Å²) in [4.78, 5) is 18.3. The third kappa shape index (κ3) is 1.42. The minimum atomic E-state index is 0.636. The van der Waals surface area contributed by atoms with Gasteiger partial charge < -0.3 is 5.32 Å². The van der Waals surface area contributed by atoms with Gasteiger partial charge in [0.2, 0.25) is 6.41 Å². The molecule has 0 unspecified atom stereocenters. The van der Waals surface area contributed by atoms with Gasteiger partial charge in [-0.05, 0) is 15.9 Å². The summed E-state index contributed by atoms with van der Waals surface area (Å²) in [5.74, 6) is 0. The van der Waals surface area contributed by atoms with Crippen molar-refractivity contribution in [2.24, 2.45) is 0 Å². The molecule has 2 rings (SSSR count). The second-order valence-corrected chi connectivity index (χ2v) is 3.88. The van der Waals surface area contributed by atoms with Gasteiger partial charge in [-0.2, -0.15) is 0 Å². The molecule has 0 saturated heterocycles. The summed E-state index contributed by atoms with van der Waals surface area (Å²) < 4.78 is 1.69.